The number of hydrogen-bond acceptors (Lipinski definition) is 2. The summed E-state index contributed by atoms with van der Waals surface area (Å²) in [4.78, 5) is 17.4. The van der Waals surface area contributed by atoms with Crippen LogP contribution in [0.4, 0.5) is 0 Å². The third kappa shape index (κ3) is 5.63. The molecule has 5 aromatic rings. The third-order valence-electron chi connectivity index (χ3n) is 6.94. The molecule has 0 radical (unpaired) electrons. The second-order valence-electron chi connectivity index (χ2n) is 9.63. The maximum Gasteiger partial charge on any atom is 0.133 e. The first kappa shape index (κ1) is 23.7. The topological polar surface area (TPSA) is 34.9 Å². The van der Waals surface area contributed by atoms with Gasteiger partial charge in [-0.15, -0.1) is 0 Å². The lowest BCUT2D eigenvalue weighted by Crippen LogP contribution is -2.09. The molecule has 1 atom stereocenters. The molecular weight excluding hydrogens is 440 g/mol. The van der Waals surface area contributed by atoms with Crippen molar-refractivity contribution in [3.63, 3.8) is 0 Å². The van der Waals surface area contributed by atoms with Gasteiger partial charge in [-0.2, -0.15) is 0 Å². The molecule has 2 aromatic heterocycles. The summed E-state index contributed by atoms with van der Waals surface area (Å²) >= 11 is 0. The molecular formula is C33H32N2O. The predicted octanol–water partition coefficient (Wildman–Crippen LogP) is 7.51. The van der Waals surface area contributed by atoms with Gasteiger partial charge in [0.1, 0.15) is 5.78 Å². The molecule has 36 heavy (non-hydrogen) atoms. The van der Waals surface area contributed by atoms with Crippen LogP contribution in [0.25, 0.3) is 10.9 Å². The number of rotatable bonds is 10. The van der Waals surface area contributed by atoms with E-state index < -0.39 is 0 Å². The van der Waals surface area contributed by atoms with Crippen molar-refractivity contribution < 1.29 is 4.79 Å². The highest BCUT2D eigenvalue weighted by molar-refractivity contribution is 5.87. The zero-order chi connectivity index (χ0) is 24.7. The summed E-state index contributed by atoms with van der Waals surface area (Å²) in [5, 5.41) is 1.23. The lowest BCUT2D eigenvalue weighted by atomic mass is 9.85. The van der Waals surface area contributed by atoms with Gasteiger partial charge in [-0.1, -0.05) is 78.4 Å². The summed E-state index contributed by atoms with van der Waals surface area (Å²) in [5.41, 5.74) is 7.37. The van der Waals surface area contributed by atoms with Crippen molar-refractivity contribution in [2.45, 2.75) is 45.1 Å². The van der Waals surface area contributed by atoms with E-state index in [0.717, 1.165) is 19.4 Å². The van der Waals surface area contributed by atoms with Crippen LogP contribution in [0.5, 0.6) is 0 Å². The normalized spacial score (nSPS) is 12.0. The molecule has 3 nitrogen and oxygen atoms in total. The Morgan fingerprint density at radius 2 is 1.64 bits per heavy atom. The zero-order valence-corrected chi connectivity index (χ0v) is 20.8. The lowest BCUT2D eigenvalue weighted by molar-refractivity contribution is -0.119. The van der Waals surface area contributed by atoms with Gasteiger partial charge < -0.3 is 4.57 Å². The molecule has 3 aromatic carbocycles. The molecule has 0 fully saturated rings. The second-order valence-corrected chi connectivity index (χ2v) is 9.63. The Morgan fingerprint density at radius 3 is 2.44 bits per heavy atom. The minimum atomic E-state index is 0.0280. The molecule has 0 spiro atoms. The summed E-state index contributed by atoms with van der Waals surface area (Å²) < 4.78 is 2.33. The average molecular weight is 473 g/mol. The maximum absolute atomic E-state index is 13.3. The number of ketones is 1. The van der Waals surface area contributed by atoms with E-state index in [9.17, 15) is 4.79 Å². The minimum Gasteiger partial charge on any atom is -0.343 e. The lowest BCUT2D eigenvalue weighted by Gasteiger charge is -2.17. The highest BCUT2D eigenvalue weighted by Crippen LogP contribution is 2.36. The van der Waals surface area contributed by atoms with Gasteiger partial charge in [0.15, 0.2) is 0 Å². The standard InChI is InChI=1S/C33H32N2O/c1-25-9-7-13-28(21-25)31(22-29(36)14-8-12-26-17-19-34-20-18-26)32-24-35(23-27-10-3-2-4-11-27)33-16-6-5-15-30(32)33/h2-7,9-11,13,15-21,24,31H,8,12,14,22-23H2,1H3. The summed E-state index contributed by atoms with van der Waals surface area (Å²) in [6.45, 7) is 2.93. The van der Waals surface area contributed by atoms with Crippen molar-refractivity contribution >= 4 is 16.7 Å². The predicted molar refractivity (Wildman–Crippen MR) is 147 cm³/mol. The SMILES string of the molecule is Cc1cccc(C(CC(=O)CCCc2ccncc2)c2cn(Cc3ccccc3)c3ccccc23)c1. The molecule has 5 rings (SSSR count). The van der Waals surface area contributed by atoms with E-state index >= 15 is 0 Å². The van der Waals surface area contributed by atoms with Gasteiger partial charge >= 0.3 is 0 Å². The molecule has 0 aliphatic carbocycles. The molecule has 180 valence electrons. The number of hydrogen-bond donors (Lipinski definition) is 0. The fourth-order valence-corrected chi connectivity index (χ4v) is 5.13. The monoisotopic (exact) mass is 472 g/mol. The highest BCUT2D eigenvalue weighted by atomic mass is 16.1. The van der Waals surface area contributed by atoms with Crippen LogP contribution in [0.3, 0.4) is 0 Å². The summed E-state index contributed by atoms with van der Waals surface area (Å²) in [6, 6.07) is 31.8. The fourth-order valence-electron chi connectivity index (χ4n) is 5.13. The Kier molecular flexibility index (Phi) is 7.37. The number of para-hydroxylation sites is 1. The van der Waals surface area contributed by atoms with Crippen LogP contribution < -0.4 is 0 Å². The van der Waals surface area contributed by atoms with E-state index in [0.29, 0.717) is 18.6 Å². The van der Waals surface area contributed by atoms with Crippen LogP contribution in [0, 0.1) is 6.92 Å². The molecule has 3 heteroatoms. The van der Waals surface area contributed by atoms with Gasteiger partial charge in [0.05, 0.1) is 0 Å². The highest BCUT2D eigenvalue weighted by Gasteiger charge is 2.23. The van der Waals surface area contributed by atoms with Crippen LogP contribution >= 0.6 is 0 Å². The number of carbonyl (C=O) groups is 1. The summed E-state index contributed by atoms with van der Waals surface area (Å²) in [6.07, 6.45) is 8.77. The Balaban J connectivity index is 1.44. The maximum atomic E-state index is 13.3. The van der Waals surface area contributed by atoms with Crippen molar-refractivity contribution in [1.82, 2.24) is 9.55 Å². The first-order valence-corrected chi connectivity index (χ1v) is 12.8. The number of aromatic nitrogens is 2. The number of benzene rings is 3. The number of carbonyl (C=O) groups excluding carboxylic acids is 1. The Hall–Kier alpha value is -3.98. The molecule has 0 N–H and O–H groups in total. The van der Waals surface area contributed by atoms with Gasteiger partial charge in [0, 0.05) is 54.8 Å². The molecule has 0 aliphatic rings. The second kappa shape index (κ2) is 11.2. The van der Waals surface area contributed by atoms with E-state index in [1.807, 2.05) is 24.5 Å². The summed E-state index contributed by atoms with van der Waals surface area (Å²) in [5.74, 6) is 0.343. The molecule has 2 heterocycles. The van der Waals surface area contributed by atoms with Crippen molar-refractivity contribution in [3.8, 4) is 0 Å². The zero-order valence-electron chi connectivity index (χ0n) is 20.8. The van der Waals surface area contributed by atoms with E-state index in [1.54, 1.807) is 0 Å². The van der Waals surface area contributed by atoms with Crippen molar-refractivity contribution in [2.24, 2.45) is 0 Å². The number of aryl methyl sites for hydroxylation is 2. The molecule has 0 saturated heterocycles. The first-order valence-electron chi connectivity index (χ1n) is 12.8. The number of nitrogens with zero attached hydrogens (tertiary/aromatic N) is 2. The number of Topliss-reactive ketones (excluding diaryl/α,β-unsaturated/α-hetero) is 1. The van der Waals surface area contributed by atoms with Gasteiger partial charge in [-0.05, 0) is 60.2 Å². The van der Waals surface area contributed by atoms with Crippen LogP contribution in [-0.2, 0) is 17.8 Å². The number of pyridine rings is 1. The first-order chi connectivity index (χ1) is 17.7. The third-order valence-corrected chi connectivity index (χ3v) is 6.94. The van der Waals surface area contributed by atoms with Gasteiger partial charge in [-0.25, -0.2) is 0 Å². The average Bonchev–Trinajstić information content (AvgIpc) is 3.26. The van der Waals surface area contributed by atoms with Crippen molar-refractivity contribution in [3.05, 3.63) is 137 Å². The van der Waals surface area contributed by atoms with Crippen LogP contribution in [0.2, 0.25) is 0 Å². The smallest absolute Gasteiger partial charge is 0.133 e. The quantitative estimate of drug-likeness (QED) is 0.211. The van der Waals surface area contributed by atoms with Gasteiger partial charge in [0.2, 0.25) is 0 Å². The summed E-state index contributed by atoms with van der Waals surface area (Å²) in [7, 11) is 0. The Labute approximate surface area is 213 Å². The van der Waals surface area contributed by atoms with Crippen LogP contribution in [-0.4, -0.2) is 15.3 Å². The Bertz CT molecular complexity index is 1440. The fraction of sp³-hybridized carbons (Fsp3) is 0.212. The van der Waals surface area contributed by atoms with E-state index in [1.165, 1.54) is 38.7 Å². The van der Waals surface area contributed by atoms with Crippen LogP contribution in [0.1, 0.15) is 53.0 Å². The molecule has 1 unspecified atom stereocenters. The number of fused-ring (bicyclic) bond motifs is 1. The van der Waals surface area contributed by atoms with Crippen molar-refractivity contribution in [1.29, 1.82) is 0 Å². The van der Waals surface area contributed by atoms with Crippen molar-refractivity contribution in [2.75, 3.05) is 0 Å². The molecule has 0 bridgehead atoms. The van der Waals surface area contributed by atoms with Gasteiger partial charge in [0.25, 0.3) is 0 Å². The molecule has 0 saturated carbocycles. The largest absolute Gasteiger partial charge is 0.343 e. The Morgan fingerprint density at radius 1 is 0.861 bits per heavy atom. The van der Waals surface area contributed by atoms with E-state index in [4.69, 9.17) is 0 Å². The van der Waals surface area contributed by atoms with Gasteiger partial charge in [-0.3, -0.25) is 9.78 Å². The van der Waals surface area contributed by atoms with E-state index in [2.05, 4.69) is 102 Å². The van der Waals surface area contributed by atoms with Crippen LogP contribution in [0.15, 0.2) is 110 Å². The molecule has 0 aliphatic heterocycles. The molecule has 0 amide bonds. The van der Waals surface area contributed by atoms with E-state index in [-0.39, 0.29) is 5.92 Å². The minimum absolute atomic E-state index is 0.0280.